The third-order valence-corrected chi connectivity index (χ3v) is 3.81. The van der Waals surface area contributed by atoms with Gasteiger partial charge in [0.1, 0.15) is 5.82 Å². The summed E-state index contributed by atoms with van der Waals surface area (Å²) in [4.78, 5) is 0. The van der Waals surface area contributed by atoms with Gasteiger partial charge in [0.2, 0.25) is 0 Å². The van der Waals surface area contributed by atoms with Gasteiger partial charge in [-0.3, -0.25) is 4.68 Å². The van der Waals surface area contributed by atoms with Crippen LogP contribution in [-0.2, 0) is 6.54 Å². The molecule has 0 saturated heterocycles. The topological polar surface area (TPSA) is 29.9 Å². The van der Waals surface area contributed by atoms with E-state index in [9.17, 15) is 4.39 Å². The molecule has 0 aliphatic heterocycles. The molecule has 2 aromatic rings. The summed E-state index contributed by atoms with van der Waals surface area (Å²) >= 11 is 2.16. The first kappa shape index (κ1) is 13.5. The lowest BCUT2D eigenvalue weighted by molar-refractivity contribution is 0.621. The van der Waals surface area contributed by atoms with Crippen molar-refractivity contribution in [1.82, 2.24) is 15.1 Å². The van der Waals surface area contributed by atoms with E-state index in [2.05, 4.69) is 33.0 Å². The van der Waals surface area contributed by atoms with Crippen molar-refractivity contribution < 1.29 is 4.39 Å². The molecule has 1 aromatic heterocycles. The Morgan fingerprint density at radius 1 is 1.50 bits per heavy atom. The van der Waals surface area contributed by atoms with Gasteiger partial charge in [-0.1, -0.05) is 6.07 Å². The minimum absolute atomic E-state index is 0.0396. The van der Waals surface area contributed by atoms with Crippen LogP contribution in [0.4, 0.5) is 4.39 Å². The predicted octanol–water partition coefficient (Wildman–Crippen LogP) is 2.96. The van der Waals surface area contributed by atoms with Gasteiger partial charge in [-0.05, 0) is 54.3 Å². The second-order valence-corrected chi connectivity index (χ2v) is 5.18. The fraction of sp³-hybridized carbons (Fsp3) is 0.308. The normalized spacial score (nSPS) is 12.7. The number of nitrogens with zero attached hydrogens (tertiary/aromatic N) is 2. The van der Waals surface area contributed by atoms with Crippen molar-refractivity contribution in [3.63, 3.8) is 0 Å². The maximum atomic E-state index is 13.1. The molecule has 18 heavy (non-hydrogen) atoms. The van der Waals surface area contributed by atoms with Gasteiger partial charge in [0.25, 0.3) is 0 Å². The van der Waals surface area contributed by atoms with E-state index in [1.807, 2.05) is 37.1 Å². The predicted molar refractivity (Wildman–Crippen MR) is 77.9 cm³/mol. The summed E-state index contributed by atoms with van der Waals surface area (Å²) in [6, 6.07) is 4.90. The number of benzene rings is 1. The molecule has 0 radical (unpaired) electrons. The molecule has 96 valence electrons. The standard InChI is InChI=1S/C13H15FIN3/c1-3-18-8-9(7-17-18)13(16-2)11-5-4-10(14)6-12(11)15/h4-8,13,16H,3H2,1-2H3. The number of nitrogens with one attached hydrogen (secondary N) is 1. The highest BCUT2D eigenvalue weighted by Crippen LogP contribution is 2.26. The summed E-state index contributed by atoms with van der Waals surface area (Å²) < 4.78 is 15.9. The number of aromatic nitrogens is 2. The van der Waals surface area contributed by atoms with Gasteiger partial charge in [-0.25, -0.2) is 4.39 Å². The molecular formula is C13H15FIN3. The van der Waals surface area contributed by atoms with E-state index in [0.717, 1.165) is 21.2 Å². The van der Waals surface area contributed by atoms with E-state index in [1.54, 1.807) is 6.07 Å². The molecule has 0 saturated carbocycles. The first-order chi connectivity index (χ1) is 8.65. The minimum Gasteiger partial charge on any atom is -0.309 e. The Kier molecular flexibility index (Phi) is 4.34. The van der Waals surface area contributed by atoms with Crippen molar-refractivity contribution in [2.24, 2.45) is 0 Å². The lowest BCUT2D eigenvalue weighted by atomic mass is 10.0. The average Bonchev–Trinajstić information content (AvgIpc) is 2.81. The zero-order valence-corrected chi connectivity index (χ0v) is 12.5. The Bertz CT molecular complexity index is 539. The number of halogens is 2. The summed E-state index contributed by atoms with van der Waals surface area (Å²) in [7, 11) is 1.90. The molecule has 1 heterocycles. The highest BCUT2D eigenvalue weighted by Gasteiger charge is 2.16. The second-order valence-electron chi connectivity index (χ2n) is 4.02. The van der Waals surface area contributed by atoms with Crippen LogP contribution >= 0.6 is 22.6 Å². The van der Waals surface area contributed by atoms with Gasteiger partial charge < -0.3 is 5.32 Å². The minimum atomic E-state index is -0.206. The van der Waals surface area contributed by atoms with E-state index >= 15 is 0 Å². The van der Waals surface area contributed by atoms with Gasteiger partial charge in [0.05, 0.1) is 12.2 Å². The smallest absolute Gasteiger partial charge is 0.124 e. The lowest BCUT2D eigenvalue weighted by Gasteiger charge is -2.16. The van der Waals surface area contributed by atoms with Crippen LogP contribution in [0, 0.1) is 9.39 Å². The fourth-order valence-corrected chi connectivity index (χ4v) is 2.73. The van der Waals surface area contributed by atoms with Crippen LogP contribution in [0.2, 0.25) is 0 Å². The molecule has 3 nitrogen and oxygen atoms in total. The van der Waals surface area contributed by atoms with Crippen molar-refractivity contribution >= 4 is 22.6 Å². The van der Waals surface area contributed by atoms with Gasteiger partial charge in [-0.15, -0.1) is 0 Å². The Morgan fingerprint density at radius 2 is 2.28 bits per heavy atom. The highest BCUT2D eigenvalue weighted by molar-refractivity contribution is 14.1. The summed E-state index contributed by atoms with van der Waals surface area (Å²) in [5.41, 5.74) is 2.15. The lowest BCUT2D eigenvalue weighted by Crippen LogP contribution is -2.18. The van der Waals surface area contributed by atoms with Crippen molar-refractivity contribution in [3.05, 3.63) is 51.1 Å². The maximum absolute atomic E-state index is 13.1. The zero-order chi connectivity index (χ0) is 13.1. The van der Waals surface area contributed by atoms with Gasteiger partial charge in [0.15, 0.2) is 0 Å². The van der Waals surface area contributed by atoms with Crippen LogP contribution < -0.4 is 5.32 Å². The molecule has 1 N–H and O–H groups in total. The zero-order valence-electron chi connectivity index (χ0n) is 10.3. The average molecular weight is 359 g/mol. The van der Waals surface area contributed by atoms with Crippen LogP contribution in [0.5, 0.6) is 0 Å². The van der Waals surface area contributed by atoms with Crippen LogP contribution in [0.15, 0.2) is 30.6 Å². The highest BCUT2D eigenvalue weighted by atomic mass is 127. The van der Waals surface area contributed by atoms with Gasteiger partial charge in [-0.2, -0.15) is 5.10 Å². The first-order valence-electron chi connectivity index (χ1n) is 5.80. The molecule has 0 fully saturated rings. The third-order valence-electron chi connectivity index (χ3n) is 2.87. The molecule has 1 unspecified atom stereocenters. The quantitative estimate of drug-likeness (QED) is 0.851. The molecule has 1 aromatic carbocycles. The van der Waals surface area contributed by atoms with Crippen LogP contribution in [-0.4, -0.2) is 16.8 Å². The van der Waals surface area contributed by atoms with Crippen LogP contribution in [0.1, 0.15) is 24.1 Å². The Hall–Kier alpha value is -0.950. The second kappa shape index (κ2) is 5.79. The van der Waals surface area contributed by atoms with E-state index in [1.165, 1.54) is 6.07 Å². The number of aryl methyl sites for hydroxylation is 1. The fourth-order valence-electron chi connectivity index (χ4n) is 1.94. The first-order valence-corrected chi connectivity index (χ1v) is 6.88. The van der Waals surface area contributed by atoms with E-state index in [0.29, 0.717) is 0 Å². The summed E-state index contributed by atoms with van der Waals surface area (Å²) in [5.74, 6) is -0.206. The number of rotatable bonds is 4. The van der Waals surface area contributed by atoms with Crippen molar-refractivity contribution in [3.8, 4) is 0 Å². The van der Waals surface area contributed by atoms with E-state index < -0.39 is 0 Å². The van der Waals surface area contributed by atoms with E-state index in [-0.39, 0.29) is 11.9 Å². The maximum Gasteiger partial charge on any atom is 0.124 e. The summed E-state index contributed by atoms with van der Waals surface area (Å²) in [5, 5.41) is 7.53. The van der Waals surface area contributed by atoms with Crippen molar-refractivity contribution in [2.75, 3.05) is 7.05 Å². The van der Waals surface area contributed by atoms with Crippen LogP contribution in [0.3, 0.4) is 0 Å². The molecule has 0 bridgehead atoms. The molecule has 0 aliphatic carbocycles. The Balaban J connectivity index is 2.38. The SMILES string of the molecule is CCn1cc(C(NC)c2ccc(F)cc2I)cn1. The number of hydrogen-bond acceptors (Lipinski definition) is 2. The molecular weight excluding hydrogens is 344 g/mol. The van der Waals surface area contributed by atoms with Gasteiger partial charge >= 0.3 is 0 Å². The Labute approximate surface area is 120 Å². The molecule has 1 atom stereocenters. The van der Waals surface area contributed by atoms with E-state index in [4.69, 9.17) is 0 Å². The third kappa shape index (κ3) is 2.72. The molecule has 5 heteroatoms. The molecule has 0 aliphatic rings. The Morgan fingerprint density at radius 3 is 2.83 bits per heavy atom. The summed E-state index contributed by atoms with van der Waals surface area (Å²) in [6.07, 6.45) is 3.87. The van der Waals surface area contributed by atoms with Crippen LogP contribution in [0.25, 0.3) is 0 Å². The molecule has 2 rings (SSSR count). The summed E-state index contributed by atoms with van der Waals surface area (Å²) in [6.45, 7) is 2.89. The van der Waals surface area contributed by atoms with Crippen molar-refractivity contribution in [1.29, 1.82) is 0 Å². The van der Waals surface area contributed by atoms with Gasteiger partial charge in [0, 0.05) is 21.9 Å². The molecule has 0 amide bonds. The van der Waals surface area contributed by atoms with Crippen molar-refractivity contribution in [2.45, 2.75) is 19.5 Å². The molecule has 0 spiro atoms. The monoisotopic (exact) mass is 359 g/mol. The number of hydrogen-bond donors (Lipinski definition) is 1. The largest absolute Gasteiger partial charge is 0.309 e.